The largest absolute Gasteiger partial charge is 0.462 e. The van der Waals surface area contributed by atoms with Crippen LogP contribution in [0.15, 0.2) is 23.8 Å². The van der Waals surface area contributed by atoms with Crippen molar-refractivity contribution in [2.45, 2.75) is 144 Å². The van der Waals surface area contributed by atoms with Crippen molar-refractivity contribution < 1.29 is 52.5 Å². The number of benzene rings is 1. The number of fused-ring (bicyclic) bond motifs is 5. The van der Waals surface area contributed by atoms with Crippen molar-refractivity contribution in [2.24, 2.45) is 28.6 Å². The van der Waals surface area contributed by atoms with E-state index in [1.165, 1.54) is 19.4 Å². The van der Waals surface area contributed by atoms with Crippen LogP contribution in [-0.2, 0) is 53.1 Å². The van der Waals surface area contributed by atoms with Gasteiger partial charge in [0.1, 0.15) is 25.1 Å². The molecule has 3 fully saturated rings. The van der Waals surface area contributed by atoms with Crippen molar-refractivity contribution in [1.82, 2.24) is 0 Å². The summed E-state index contributed by atoms with van der Waals surface area (Å²) >= 11 is 0. The van der Waals surface area contributed by atoms with E-state index in [0.717, 1.165) is 56.1 Å². The van der Waals surface area contributed by atoms with E-state index < -0.39 is 35.4 Å². The molecule has 1 aromatic rings. The molecule has 0 radical (unpaired) electrons. The minimum atomic E-state index is -1.02. The monoisotopic (exact) mass is 750 g/mol. The minimum absolute atomic E-state index is 0.0867. The number of rotatable bonds is 13. The molecular formula is C43H58O11. The Kier molecular flexibility index (Phi) is 12.5. The maximum atomic E-state index is 13.8. The van der Waals surface area contributed by atoms with E-state index >= 15 is 0 Å². The average Bonchev–Trinajstić information content (AvgIpc) is 3.39. The lowest BCUT2D eigenvalue weighted by Crippen LogP contribution is -2.51. The molecule has 0 amide bonds. The lowest BCUT2D eigenvalue weighted by atomic mass is 9.47. The molecule has 0 aliphatic heterocycles. The van der Waals surface area contributed by atoms with Crippen LogP contribution in [0.2, 0.25) is 0 Å². The first-order chi connectivity index (χ1) is 25.3. The van der Waals surface area contributed by atoms with E-state index in [9.17, 15) is 28.8 Å². The first-order valence-electron chi connectivity index (χ1n) is 19.5. The second kappa shape index (κ2) is 16.4. The van der Waals surface area contributed by atoms with Crippen molar-refractivity contribution >= 4 is 35.6 Å². The van der Waals surface area contributed by atoms with Gasteiger partial charge in [0.15, 0.2) is 11.9 Å². The van der Waals surface area contributed by atoms with Gasteiger partial charge in [0.2, 0.25) is 0 Å². The third kappa shape index (κ3) is 9.08. The predicted octanol–water partition coefficient (Wildman–Crippen LogP) is 7.14. The molecule has 11 heteroatoms. The first kappa shape index (κ1) is 41.1. The van der Waals surface area contributed by atoms with Crippen molar-refractivity contribution in [3.8, 4) is 5.75 Å². The molecule has 0 N–H and O–H groups in total. The van der Waals surface area contributed by atoms with Gasteiger partial charge in [0.25, 0.3) is 0 Å². The highest BCUT2D eigenvalue weighted by molar-refractivity contribution is 5.91. The van der Waals surface area contributed by atoms with Crippen LogP contribution in [0.3, 0.4) is 0 Å². The van der Waals surface area contributed by atoms with Gasteiger partial charge in [-0.2, -0.15) is 0 Å². The number of aryl methyl sites for hydroxylation is 2. The Morgan fingerprint density at radius 2 is 1.50 bits per heavy atom. The second-order valence-corrected chi connectivity index (χ2v) is 17.3. The molecule has 4 aliphatic carbocycles. The zero-order valence-corrected chi connectivity index (χ0v) is 33.3. The Morgan fingerprint density at radius 1 is 0.833 bits per heavy atom. The van der Waals surface area contributed by atoms with Crippen molar-refractivity contribution in [1.29, 1.82) is 0 Å². The van der Waals surface area contributed by atoms with Crippen LogP contribution in [-0.4, -0.2) is 61.1 Å². The molecule has 0 bridgehead atoms. The molecule has 0 saturated heterocycles. The summed E-state index contributed by atoms with van der Waals surface area (Å²) in [6.07, 6.45) is 7.85. The third-order valence-corrected chi connectivity index (χ3v) is 12.9. The zero-order valence-electron chi connectivity index (χ0n) is 33.3. The second-order valence-electron chi connectivity index (χ2n) is 17.3. The molecule has 6 atom stereocenters. The maximum absolute atomic E-state index is 13.8. The first-order valence-corrected chi connectivity index (χ1v) is 19.5. The van der Waals surface area contributed by atoms with Gasteiger partial charge in [-0.05, 0) is 105 Å². The number of carbonyl (C=O) groups excluding carboxylic acids is 6. The van der Waals surface area contributed by atoms with Crippen molar-refractivity contribution in [3.05, 3.63) is 40.5 Å². The topological polar surface area (TPSA) is 149 Å². The Morgan fingerprint density at radius 3 is 2.17 bits per heavy atom. The lowest BCUT2D eigenvalue weighted by Gasteiger charge is -2.57. The van der Waals surface area contributed by atoms with Crippen molar-refractivity contribution in [2.75, 3.05) is 13.2 Å². The zero-order chi connectivity index (χ0) is 39.6. The Hall–Kier alpha value is -4.02. The molecule has 0 heterocycles. The number of ketones is 1. The SMILES string of the molecule is CC(=O)OCC(COC(C)=O)OC(=O)CCC(=O)Oc1cc(C)cc(C)c1C(C)(C)CC(=O)OC1CC[C@H]2C3CCC4=CC(=O)CCC4(C)[C@H]3CCC12C. The number of allylic oxidation sites excluding steroid dienone is 1. The highest BCUT2D eigenvalue weighted by atomic mass is 16.6. The summed E-state index contributed by atoms with van der Waals surface area (Å²) in [5.74, 6) is -0.665. The molecule has 54 heavy (non-hydrogen) atoms. The highest BCUT2D eigenvalue weighted by Gasteiger charge is 2.60. The van der Waals surface area contributed by atoms with E-state index in [-0.39, 0.29) is 61.2 Å². The van der Waals surface area contributed by atoms with Crippen LogP contribution in [0.1, 0.15) is 129 Å². The standard InChI is InChI=1S/C43H58O11/c1-25-19-26(2)40(35(20-25)53-38(48)14-13-37(47)52-31(23-50-27(3)44)24-51-28(4)45)41(5,6)22-39(49)54-36-12-11-33-32-10-9-29-21-30(46)15-17-42(29,7)34(32)16-18-43(33,36)8/h19-21,31-34,36H,9-18,22-24H2,1-8H3/t32?,33-,34-,36?,42?,43?/m0/s1. The number of esters is 5. The number of hydrogen-bond donors (Lipinski definition) is 0. The number of ether oxygens (including phenoxy) is 5. The Bertz CT molecular complexity index is 1670. The van der Waals surface area contributed by atoms with Gasteiger partial charge >= 0.3 is 29.8 Å². The molecule has 5 rings (SSSR count). The van der Waals surface area contributed by atoms with E-state index in [1.54, 1.807) is 6.07 Å². The number of hydrogen-bond acceptors (Lipinski definition) is 11. The molecule has 0 aromatic heterocycles. The molecule has 4 aliphatic rings. The summed E-state index contributed by atoms with van der Waals surface area (Å²) in [6, 6.07) is 3.74. The molecule has 1 aromatic carbocycles. The quantitative estimate of drug-likeness (QED) is 0.115. The summed E-state index contributed by atoms with van der Waals surface area (Å²) in [6.45, 7) is 14.2. The Labute approximate surface area is 319 Å². The van der Waals surface area contributed by atoms with Gasteiger partial charge in [-0.15, -0.1) is 0 Å². The minimum Gasteiger partial charge on any atom is -0.462 e. The lowest BCUT2D eigenvalue weighted by molar-refractivity contribution is -0.165. The third-order valence-electron chi connectivity index (χ3n) is 12.9. The normalized spacial score (nSPS) is 27.5. The van der Waals surface area contributed by atoms with E-state index in [0.29, 0.717) is 35.5 Å². The van der Waals surface area contributed by atoms with E-state index in [1.807, 2.05) is 39.8 Å². The fourth-order valence-electron chi connectivity index (χ4n) is 10.4. The van der Waals surface area contributed by atoms with Gasteiger partial charge in [-0.25, -0.2) is 0 Å². The summed E-state index contributed by atoms with van der Waals surface area (Å²) in [4.78, 5) is 74.2. The molecule has 4 unspecified atom stereocenters. The number of carbonyl (C=O) groups is 6. The molecule has 11 nitrogen and oxygen atoms in total. The van der Waals surface area contributed by atoms with E-state index in [2.05, 4.69) is 13.8 Å². The summed E-state index contributed by atoms with van der Waals surface area (Å²) < 4.78 is 27.3. The van der Waals surface area contributed by atoms with Gasteiger partial charge < -0.3 is 23.7 Å². The fraction of sp³-hybridized carbons (Fsp3) is 0.674. The van der Waals surface area contributed by atoms with Gasteiger partial charge in [0, 0.05) is 36.7 Å². The van der Waals surface area contributed by atoms with Crippen LogP contribution < -0.4 is 4.74 Å². The average molecular weight is 751 g/mol. The van der Waals surface area contributed by atoms with E-state index in [4.69, 9.17) is 23.7 Å². The highest BCUT2D eigenvalue weighted by Crippen LogP contribution is 2.65. The van der Waals surface area contributed by atoms with Crippen LogP contribution >= 0.6 is 0 Å². The van der Waals surface area contributed by atoms with Gasteiger partial charge in [-0.1, -0.05) is 39.3 Å². The fourth-order valence-corrected chi connectivity index (χ4v) is 10.4. The van der Waals surface area contributed by atoms with Crippen LogP contribution in [0.4, 0.5) is 0 Å². The van der Waals surface area contributed by atoms with Gasteiger partial charge in [-0.3, -0.25) is 28.8 Å². The summed E-state index contributed by atoms with van der Waals surface area (Å²) in [7, 11) is 0. The van der Waals surface area contributed by atoms with Crippen LogP contribution in [0.25, 0.3) is 0 Å². The molecule has 3 saturated carbocycles. The molecule has 296 valence electrons. The van der Waals surface area contributed by atoms with Crippen LogP contribution in [0, 0.1) is 42.4 Å². The Balaban J connectivity index is 1.20. The maximum Gasteiger partial charge on any atom is 0.311 e. The van der Waals surface area contributed by atoms with Crippen LogP contribution in [0.5, 0.6) is 5.75 Å². The summed E-state index contributed by atoms with van der Waals surface area (Å²) in [5.41, 5.74) is 3.05. The van der Waals surface area contributed by atoms with Crippen molar-refractivity contribution in [3.63, 3.8) is 0 Å². The molecular weight excluding hydrogens is 692 g/mol. The summed E-state index contributed by atoms with van der Waals surface area (Å²) in [5, 5.41) is 0. The smallest absolute Gasteiger partial charge is 0.311 e. The van der Waals surface area contributed by atoms with Gasteiger partial charge in [0.05, 0.1) is 19.3 Å². The predicted molar refractivity (Wildman–Crippen MR) is 198 cm³/mol. The molecule has 0 spiro atoms.